The van der Waals surface area contributed by atoms with E-state index in [0.29, 0.717) is 0 Å². The maximum atomic E-state index is 13.2. The highest BCUT2D eigenvalue weighted by Gasteiger charge is 2.04. The average molecular weight is 218 g/mol. The van der Waals surface area contributed by atoms with E-state index < -0.39 is 11.9 Å². The van der Waals surface area contributed by atoms with Crippen LogP contribution < -0.4 is 4.74 Å². The van der Waals surface area contributed by atoms with Crippen LogP contribution in [0.3, 0.4) is 0 Å². The van der Waals surface area contributed by atoms with Crippen molar-refractivity contribution in [3.05, 3.63) is 24.0 Å². The van der Waals surface area contributed by atoms with Crippen LogP contribution in [0.15, 0.2) is 28.4 Å². The standard InChI is InChI=1S/C10H7FN4O/c1-16-10-3-2-7(4-9(10)11)14-15-8(5-12)6-13/h2-4,8H,1H3. The maximum absolute atomic E-state index is 13.2. The zero-order valence-corrected chi connectivity index (χ0v) is 8.38. The van der Waals surface area contributed by atoms with E-state index in [1.165, 1.54) is 19.2 Å². The molecule has 5 nitrogen and oxygen atoms in total. The van der Waals surface area contributed by atoms with Gasteiger partial charge in [-0.25, -0.2) is 4.39 Å². The van der Waals surface area contributed by atoms with Gasteiger partial charge < -0.3 is 4.74 Å². The molecule has 0 aliphatic rings. The van der Waals surface area contributed by atoms with Crippen LogP contribution in [0.25, 0.3) is 0 Å². The first kappa shape index (κ1) is 11.6. The van der Waals surface area contributed by atoms with E-state index in [0.717, 1.165) is 6.07 Å². The predicted octanol–water partition coefficient (Wildman–Crippen LogP) is 2.33. The lowest BCUT2D eigenvalue weighted by Gasteiger charge is -2.00. The molecule has 0 heterocycles. The highest BCUT2D eigenvalue weighted by atomic mass is 19.1. The first-order valence-corrected chi connectivity index (χ1v) is 4.25. The molecule has 0 N–H and O–H groups in total. The Balaban J connectivity index is 2.88. The lowest BCUT2D eigenvalue weighted by molar-refractivity contribution is 0.386. The van der Waals surface area contributed by atoms with E-state index in [2.05, 4.69) is 10.2 Å². The fourth-order valence-corrected chi connectivity index (χ4v) is 0.922. The molecule has 0 fully saturated rings. The van der Waals surface area contributed by atoms with Crippen molar-refractivity contribution in [1.29, 1.82) is 10.5 Å². The molecule has 0 saturated carbocycles. The van der Waals surface area contributed by atoms with Crippen molar-refractivity contribution >= 4 is 5.69 Å². The summed E-state index contributed by atoms with van der Waals surface area (Å²) in [7, 11) is 1.35. The second kappa shape index (κ2) is 5.42. The summed E-state index contributed by atoms with van der Waals surface area (Å²) in [6, 6.07) is 6.02. The fourth-order valence-electron chi connectivity index (χ4n) is 0.922. The lowest BCUT2D eigenvalue weighted by atomic mass is 10.3. The van der Waals surface area contributed by atoms with Gasteiger partial charge in [0.2, 0.25) is 6.04 Å². The summed E-state index contributed by atoms with van der Waals surface area (Å²) in [5.41, 5.74) is 0.216. The van der Waals surface area contributed by atoms with Gasteiger partial charge in [0.15, 0.2) is 11.6 Å². The molecule has 1 aromatic carbocycles. The normalized spacial score (nSPS) is 10.1. The van der Waals surface area contributed by atoms with Gasteiger partial charge in [0.1, 0.15) is 12.1 Å². The molecule has 0 bridgehead atoms. The van der Waals surface area contributed by atoms with Crippen LogP contribution in [0.4, 0.5) is 10.1 Å². The highest BCUT2D eigenvalue weighted by molar-refractivity contribution is 5.41. The zero-order valence-electron chi connectivity index (χ0n) is 8.38. The number of azo groups is 1. The first-order valence-electron chi connectivity index (χ1n) is 4.25. The van der Waals surface area contributed by atoms with Gasteiger partial charge in [-0.3, -0.25) is 0 Å². The molecule has 0 aliphatic carbocycles. The van der Waals surface area contributed by atoms with E-state index >= 15 is 0 Å². The molecule has 16 heavy (non-hydrogen) atoms. The van der Waals surface area contributed by atoms with Gasteiger partial charge in [0, 0.05) is 6.07 Å². The molecule has 1 rings (SSSR count). The number of hydrogen-bond acceptors (Lipinski definition) is 5. The van der Waals surface area contributed by atoms with Crippen LogP contribution in [0.5, 0.6) is 5.75 Å². The Morgan fingerprint density at radius 1 is 1.38 bits per heavy atom. The molecular formula is C10H7FN4O. The molecule has 0 radical (unpaired) electrons. The van der Waals surface area contributed by atoms with Crippen molar-refractivity contribution < 1.29 is 9.13 Å². The maximum Gasteiger partial charge on any atom is 0.242 e. The van der Waals surface area contributed by atoms with Crippen LogP contribution in [0.2, 0.25) is 0 Å². The molecular weight excluding hydrogens is 211 g/mol. The quantitative estimate of drug-likeness (QED) is 0.730. The summed E-state index contributed by atoms with van der Waals surface area (Å²) in [5, 5.41) is 23.8. The van der Waals surface area contributed by atoms with E-state index in [4.69, 9.17) is 15.3 Å². The Morgan fingerprint density at radius 2 is 2.06 bits per heavy atom. The Hall–Kier alpha value is -2.47. The van der Waals surface area contributed by atoms with Gasteiger partial charge in [-0.05, 0) is 12.1 Å². The zero-order chi connectivity index (χ0) is 12.0. The van der Waals surface area contributed by atoms with Crippen LogP contribution >= 0.6 is 0 Å². The molecule has 0 saturated heterocycles. The predicted molar refractivity (Wildman–Crippen MR) is 52.5 cm³/mol. The summed E-state index contributed by atoms with van der Waals surface area (Å²) < 4.78 is 17.9. The lowest BCUT2D eigenvalue weighted by Crippen LogP contribution is -1.92. The third-order valence-corrected chi connectivity index (χ3v) is 1.67. The number of rotatable bonds is 3. The molecule has 0 spiro atoms. The first-order chi connectivity index (χ1) is 7.71. The minimum Gasteiger partial charge on any atom is -0.494 e. The molecule has 0 aliphatic heterocycles. The second-order valence-electron chi connectivity index (χ2n) is 2.70. The minimum absolute atomic E-state index is 0.0936. The number of nitriles is 2. The minimum atomic E-state index is -1.18. The van der Waals surface area contributed by atoms with Gasteiger partial charge in [0.25, 0.3) is 0 Å². The van der Waals surface area contributed by atoms with Crippen LogP contribution in [0.1, 0.15) is 0 Å². The molecule has 6 heteroatoms. The molecule has 80 valence electrons. The van der Waals surface area contributed by atoms with Crippen molar-refractivity contribution in [2.45, 2.75) is 6.04 Å². The third-order valence-electron chi connectivity index (χ3n) is 1.67. The number of methoxy groups -OCH3 is 1. The molecule has 0 aromatic heterocycles. The van der Waals surface area contributed by atoms with Crippen molar-refractivity contribution in [1.82, 2.24) is 0 Å². The van der Waals surface area contributed by atoms with Gasteiger partial charge in [0.05, 0.1) is 12.8 Å². The van der Waals surface area contributed by atoms with Crippen molar-refractivity contribution in [3.8, 4) is 17.9 Å². The molecule has 0 atom stereocenters. The summed E-state index contributed by atoms with van der Waals surface area (Å²) in [4.78, 5) is 0. The van der Waals surface area contributed by atoms with Gasteiger partial charge >= 0.3 is 0 Å². The fraction of sp³-hybridized carbons (Fsp3) is 0.200. The number of halogens is 1. The van der Waals surface area contributed by atoms with Crippen molar-refractivity contribution in [2.24, 2.45) is 10.2 Å². The SMILES string of the molecule is COc1ccc(N=NC(C#N)C#N)cc1F. The van der Waals surface area contributed by atoms with E-state index in [9.17, 15) is 4.39 Å². The van der Waals surface area contributed by atoms with Gasteiger partial charge in [-0.1, -0.05) is 0 Å². The Kier molecular flexibility index (Phi) is 3.93. The number of benzene rings is 1. The highest BCUT2D eigenvalue weighted by Crippen LogP contribution is 2.22. The molecule has 0 unspecified atom stereocenters. The molecule has 0 amide bonds. The number of ether oxygens (including phenoxy) is 1. The van der Waals surface area contributed by atoms with E-state index in [1.54, 1.807) is 12.1 Å². The summed E-state index contributed by atoms with van der Waals surface area (Å²) in [6.45, 7) is 0. The Morgan fingerprint density at radius 3 is 2.56 bits per heavy atom. The second-order valence-corrected chi connectivity index (χ2v) is 2.70. The van der Waals surface area contributed by atoms with E-state index in [1.807, 2.05) is 0 Å². The van der Waals surface area contributed by atoms with Gasteiger partial charge in [-0.2, -0.15) is 20.8 Å². The topological polar surface area (TPSA) is 81.5 Å². The van der Waals surface area contributed by atoms with Crippen LogP contribution in [-0.4, -0.2) is 13.2 Å². The Bertz CT molecular complexity index is 473. The summed E-state index contributed by atoms with van der Waals surface area (Å²) in [6.07, 6.45) is 0. The average Bonchev–Trinajstić information content (AvgIpc) is 2.30. The number of nitrogens with zero attached hydrogens (tertiary/aromatic N) is 4. The summed E-state index contributed by atoms with van der Waals surface area (Å²) >= 11 is 0. The van der Waals surface area contributed by atoms with Crippen LogP contribution in [0, 0.1) is 28.5 Å². The Labute approximate surface area is 91.4 Å². The van der Waals surface area contributed by atoms with Crippen molar-refractivity contribution in [3.63, 3.8) is 0 Å². The van der Waals surface area contributed by atoms with Crippen LogP contribution in [-0.2, 0) is 0 Å². The van der Waals surface area contributed by atoms with Gasteiger partial charge in [-0.15, -0.1) is 0 Å². The largest absolute Gasteiger partial charge is 0.494 e. The van der Waals surface area contributed by atoms with Crippen molar-refractivity contribution in [2.75, 3.05) is 7.11 Å². The van der Waals surface area contributed by atoms with E-state index in [-0.39, 0.29) is 11.4 Å². The smallest absolute Gasteiger partial charge is 0.242 e. The third kappa shape index (κ3) is 2.76. The number of hydrogen-bond donors (Lipinski definition) is 0. The summed E-state index contributed by atoms with van der Waals surface area (Å²) in [5.74, 6) is -0.486. The molecule has 1 aromatic rings. The monoisotopic (exact) mass is 218 g/mol.